The van der Waals surface area contributed by atoms with Crippen molar-refractivity contribution in [3.63, 3.8) is 0 Å². The Morgan fingerprint density at radius 2 is 1.27 bits per heavy atom. The first-order valence-electron chi connectivity index (χ1n) is 8.87. The smallest absolute Gasteiger partial charge is 0.692 e. The molecule has 1 rings (SSSR count). The molecule has 0 spiro atoms. The molecule has 0 aromatic carbocycles. The van der Waals surface area contributed by atoms with E-state index in [0.717, 1.165) is 0 Å². The van der Waals surface area contributed by atoms with Crippen molar-refractivity contribution < 1.29 is 73.4 Å². The average Bonchev–Trinajstić information content (AvgIpc) is 3.16. The lowest BCUT2D eigenvalue weighted by Crippen LogP contribution is -2.46. The lowest BCUT2D eigenvalue weighted by Gasteiger charge is -2.34. The van der Waals surface area contributed by atoms with Gasteiger partial charge >= 0.3 is 8.25 Å². The fraction of sp³-hybridized carbons (Fsp3) is 0.786. The topological polar surface area (TPSA) is 291 Å². The Kier molecular flexibility index (Phi) is 20.4. The molecule has 0 saturated carbocycles. The van der Waals surface area contributed by atoms with Crippen molar-refractivity contribution in [1.29, 1.82) is 0 Å². The maximum absolute atomic E-state index is 10.4. The second-order valence-corrected chi connectivity index (χ2v) is 9.22. The average molecular weight is 529 g/mol. The Morgan fingerprint density at radius 3 is 1.42 bits per heavy atom. The van der Waals surface area contributed by atoms with Gasteiger partial charge < -0.3 is 55.1 Å². The molecule has 17 nitrogen and oxygen atoms in total. The second kappa shape index (κ2) is 18.4. The summed E-state index contributed by atoms with van der Waals surface area (Å²) in [5, 5.41) is 59.6. The molecule has 1 aromatic heterocycles. The summed E-state index contributed by atoms with van der Waals surface area (Å²) in [6.45, 7) is 0.218. The predicted molar refractivity (Wildman–Crippen MR) is 108 cm³/mol. The van der Waals surface area contributed by atoms with Crippen LogP contribution in [0.3, 0.4) is 0 Å². The normalized spacial score (nSPS) is 12.3. The number of nitrogens with zero attached hydrogens (tertiary/aromatic N) is 3. The number of nitrogens with one attached hydrogen (secondary N) is 1. The third-order valence-electron chi connectivity index (χ3n) is 3.72. The van der Waals surface area contributed by atoms with Crippen molar-refractivity contribution in [3.8, 4) is 0 Å². The minimum atomic E-state index is -4.92. The van der Waals surface area contributed by atoms with E-state index in [1.807, 2.05) is 0 Å². The zero-order chi connectivity index (χ0) is 26.9. The van der Waals surface area contributed by atoms with E-state index in [2.05, 4.69) is 9.97 Å². The largest absolute Gasteiger partial charge is 0.809 e. The monoisotopic (exact) mass is 529 g/mol. The fourth-order valence-corrected chi connectivity index (χ4v) is 1.54. The van der Waals surface area contributed by atoms with Crippen LogP contribution in [0.15, 0.2) is 6.33 Å². The van der Waals surface area contributed by atoms with Crippen molar-refractivity contribution >= 4 is 15.9 Å². The Morgan fingerprint density at radius 1 is 0.970 bits per heavy atom. The molecule has 1 heterocycles. The van der Waals surface area contributed by atoms with Crippen molar-refractivity contribution in [2.75, 3.05) is 54.5 Å². The number of rotatable bonds is 9. The summed E-state index contributed by atoms with van der Waals surface area (Å²) >= 11 is 0. The SMILES string of the molecule is C[N+](CO)(CO)CO.C[N+](CO)(CO)CO.Cc1[nH]cnc1CC(O)P(=O)([O-])[O-].O=[P+](O)O. The third-order valence-corrected chi connectivity index (χ3v) is 4.64. The van der Waals surface area contributed by atoms with Crippen LogP contribution in [0.25, 0.3) is 0 Å². The van der Waals surface area contributed by atoms with Gasteiger partial charge in [0, 0.05) is 16.7 Å². The van der Waals surface area contributed by atoms with E-state index in [4.69, 9.17) is 50.1 Å². The Bertz CT molecular complexity index is 641. The molecule has 0 saturated heterocycles. The molecule has 0 radical (unpaired) electrons. The van der Waals surface area contributed by atoms with Crippen molar-refractivity contribution in [1.82, 2.24) is 9.97 Å². The third kappa shape index (κ3) is 19.1. The van der Waals surface area contributed by atoms with Gasteiger partial charge in [-0.1, -0.05) is 0 Å². The van der Waals surface area contributed by atoms with E-state index in [1.165, 1.54) is 6.33 Å². The minimum Gasteiger partial charge on any atom is -0.809 e. The first kappa shape index (κ1) is 36.6. The molecule has 33 heavy (non-hydrogen) atoms. The summed E-state index contributed by atoms with van der Waals surface area (Å²) in [4.78, 5) is 41.4. The van der Waals surface area contributed by atoms with E-state index in [9.17, 15) is 14.4 Å². The number of aromatic nitrogens is 2. The van der Waals surface area contributed by atoms with Gasteiger partial charge in [-0.25, -0.2) is 4.98 Å². The van der Waals surface area contributed by atoms with Gasteiger partial charge in [0.05, 0.1) is 32.0 Å². The van der Waals surface area contributed by atoms with Gasteiger partial charge in [-0.2, -0.15) is 0 Å². The van der Waals surface area contributed by atoms with Crippen LogP contribution in [0.1, 0.15) is 11.4 Å². The number of aryl methyl sites for hydroxylation is 1. The first-order valence-corrected chi connectivity index (χ1v) is 11.6. The summed E-state index contributed by atoms with van der Waals surface area (Å²) in [7, 11) is -4.70. The molecular formula is C14H35N4O13P2+. The Hall–Kier alpha value is -0.980. The van der Waals surface area contributed by atoms with Crippen LogP contribution >= 0.6 is 15.9 Å². The summed E-state index contributed by atoms with van der Waals surface area (Å²) in [5.74, 6) is -1.89. The summed E-state index contributed by atoms with van der Waals surface area (Å²) in [6, 6.07) is 0. The van der Waals surface area contributed by atoms with Crippen LogP contribution in [0, 0.1) is 6.92 Å². The highest BCUT2D eigenvalue weighted by Gasteiger charge is 2.16. The predicted octanol–water partition coefficient (Wildman–Crippen LogP) is -5.31. The van der Waals surface area contributed by atoms with Crippen molar-refractivity contribution in [2.24, 2.45) is 0 Å². The quantitative estimate of drug-likeness (QED) is 0.0812. The Balaban J connectivity index is -0.000000394. The Labute approximate surface area is 191 Å². The zero-order valence-electron chi connectivity index (χ0n) is 18.5. The number of aliphatic hydroxyl groups is 7. The molecule has 19 heteroatoms. The van der Waals surface area contributed by atoms with E-state index in [1.54, 1.807) is 21.0 Å². The molecule has 0 aliphatic carbocycles. The van der Waals surface area contributed by atoms with Crippen LogP contribution in [-0.2, 0) is 15.6 Å². The first-order chi connectivity index (χ1) is 15.0. The number of hydrogen-bond acceptors (Lipinski definition) is 12. The van der Waals surface area contributed by atoms with Crippen molar-refractivity contribution in [3.05, 3.63) is 17.7 Å². The van der Waals surface area contributed by atoms with Gasteiger partial charge in [0.25, 0.3) is 0 Å². The standard InChI is InChI=1S/C6H11N2O4P.2C4H12NO3.HO3P/c1-4-5(8-3-7-4)2-6(9)13(10,11)12;2*1-5(2-6,3-7)4-8;1-4(2)3/h3,6,9H,2H2,1H3,(H,7,8)(H2,10,11,12);2*6-8H,2-4H2,1H3;(H-,1,2,3)/q;2*+1;/p-1. The van der Waals surface area contributed by atoms with Crippen molar-refractivity contribution in [2.45, 2.75) is 19.2 Å². The maximum atomic E-state index is 10.4. The van der Waals surface area contributed by atoms with Crippen LogP contribution in [0.2, 0.25) is 0 Å². The molecule has 0 amide bonds. The van der Waals surface area contributed by atoms with Gasteiger partial charge in [0.1, 0.15) is 0 Å². The number of imidazole rings is 1. The number of aromatic amines is 1. The maximum Gasteiger partial charge on any atom is 0.692 e. The summed E-state index contributed by atoms with van der Waals surface area (Å²) < 4.78 is 18.8. The number of quaternary nitrogens is 2. The van der Waals surface area contributed by atoms with Crippen LogP contribution in [-0.4, -0.2) is 125 Å². The second-order valence-electron chi connectivity index (χ2n) is 7.04. The highest BCUT2D eigenvalue weighted by molar-refractivity contribution is 7.49. The highest BCUT2D eigenvalue weighted by atomic mass is 31.2. The number of H-pyrrole nitrogens is 1. The molecular weight excluding hydrogens is 494 g/mol. The number of aliphatic hydroxyl groups excluding tert-OH is 7. The van der Waals surface area contributed by atoms with Crippen LogP contribution < -0.4 is 9.79 Å². The molecule has 0 fully saturated rings. The van der Waals surface area contributed by atoms with Crippen LogP contribution in [0.4, 0.5) is 0 Å². The van der Waals surface area contributed by atoms with E-state index in [0.29, 0.717) is 11.4 Å². The van der Waals surface area contributed by atoms with Gasteiger partial charge in [-0.05, 0) is 14.5 Å². The van der Waals surface area contributed by atoms with E-state index in [-0.39, 0.29) is 55.8 Å². The van der Waals surface area contributed by atoms with E-state index >= 15 is 0 Å². The lowest BCUT2D eigenvalue weighted by molar-refractivity contribution is -0.960. The van der Waals surface area contributed by atoms with Gasteiger partial charge in [-0.15, -0.1) is 9.79 Å². The van der Waals surface area contributed by atoms with Gasteiger partial charge in [0.2, 0.25) is 0 Å². The lowest BCUT2D eigenvalue weighted by atomic mass is 10.3. The molecule has 0 aliphatic heterocycles. The fourth-order valence-electron chi connectivity index (χ4n) is 1.15. The molecule has 1 unspecified atom stereocenters. The zero-order valence-corrected chi connectivity index (χ0v) is 20.3. The van der Waals surface area contributed by atoms with Crippen LogP contribution in [0.5, 0.6) is 0 Å². The molecule has 10 N–H and O–H groups in total. The summed E-state index contributed by atoms with van der Waals surface area (Å²) in [6.07, 6.45) is 1.11. The number of hydrogen-bond donors (Lipinski definition) is 10. The molecule has 0 aliphatic rings. The molecule has 198 valence electrons. The van der Waals surface area contributed by atoms with E-state index < -0.39 is 21.7 Å². The minimum absolute atomic E-state index is 0.125. The van der Waals surface area contributed by atoms with Gasteiger partial charge in [0.15, 0.2) is 40.4 Å². The molecule has 1 aromatic rings. The van der Waals surface area contributed by atoms with Gasteiger partial charge in [-0.3, -0.25) is 8.97 Å². The molecule has 0 bridgehead atoms. The highest BCUT2D eigenvalue weighted by Crippen LogP contribution is 2.31. The molecule has 1 atom stereocenters. The summed E-state index contributed by atoms with van der Waals surface area (Å²) in [5.41, 5.74) is 1.03.